The zero-order valence-corrected chi connectivity index (χ0v) is 15.4. The summed E-state index contributed by atoms with van der Waals surface area (Å²) >= 11 is 0. The van der Waals surface area contributed by atoms with Crippen molar-refractivity contribution in [3.05, 3.63) is 59.2 Å². The highest BCUT2D eigenvalue weighted by Crippen LogP contribution is 2.21. The molecular formula is C19H23NO4S. The van der Waals surface area contributed by atoms with Gasteiger partial charge in [-0.2, -0.15) is 4.31 Å². The zero-order chi connectivity index (χ0) is 17.9. The van der Waals surface area contributed by atoms with Crippen LogP contribution in [0.3, 0.4) is 0 Å². The molecule has 0 unspecified atom stereocenters. The van der Waals surface area contributed by atoms with Crippen LogP contribution in [-0.4, -0.2) is 39.0 Å². The maximum absolute atomic E-state index is 12.6. The molecule has 0 radical (unpaired) electrons. The fourth-order valence-electron chi connectivity index (χ4n) is 2.76. The molecule has 0 saturated carbocycles. The number of ether oxygens (including phenoxy) is 2. The van der Waals surface area contributed by atoms with Crippen molar-refractivity contribution in [2.24, 2.45) is 0 Å². The Bertz CT molecular complexity index is 825. The number of rotatable bonds is 5. The number of hydrogen-bond donors (Lipinski definition) is 0. The summed E-state index contributed by atoms with van der Waals surface area (Å²) in [5.41, 5.74) is 3.50. The van der Waals surface area contributed by atoms with Gasteiger partial charge >= 0.3 is 0 Å². The monoisotopic (exact) mass is 361 g/mol. The average Bonchev–Trinajstić information content (AvgIpc) is 2.63. The van der Waals surface area contributed by atoms with Gasteiger partial charge in [0, 0.05) is 13.1 Å². The number of morpholine rings is 1. The van der Waals surface area contributed by atoms with E-state index in [-0.39, 0.29) is 4.90 Å². The molecule has 1 aliphatic rings. The second-order valence-electron chi connectivity index (χ2n) is 6.21. The number of hydrogen-bond acceptors (Lipinski definition) is 4. The number of nitrogens with zero attached hydrogens (tertiary/aromatic N) is 1. The van der Waals surface area contributed by atoms with Crippen LogP contribution in [-0.2, 0) is 21.4 Å². The minimum Gasteiger partial charge on any atom is -0.489 e. The van der Waals surface area contributed by atoms with E-state index < -0.39 is 10.0 Å². The third-order valence-corrected chi connectivity index (χ3v) is 6.24. The van der Waals surface area contributed by atoms with Crippen molar-refractivity contribution in [2.45, 2.75) is 25.3 Å². The van der Waals surface area contributed by atoms with Gasteiger partial charge in [-0.05, 0) is 49.2 Å². The summed E-state index contributed by atoms with van der Waals surface area (Å²) in [6.45, 7) is 6.24. The predicted octanol–water partition coefficient (Wildman–Crippen LogP) is 2.90. The Morgan fingerprint density at radius 1 is 1.04 bits per heavy atom. The van der Waals surface area contributed by atoms with Crippen molar-refractivity contribution in [3.63, 3.8) is 0 Å². The van der Waals surface area contributed by atoms with Crippen LogP contribution in [0.25, 0.3) is 0 Å². The lowest BCUT2D eigenvalue weighted by molar-refractivity contribution is 0.0730. The van der Waals surface area contributed by atoms with E-state index in [2.05, 4.69) is 25.1 Å². The van der Waals surface area contributed by atoms with E-state index in [1.807, 2.05) is 6.92 Å². The van der Waals surface area contributed by atoms with Gasteiger partial charge in [0.05, 0.1) is 18.1 Å². The van der Waals surface area contributed by atoms with Gasteiger partial charge in [0.1, 0.15) is 12.4 Å². The number of benzene rings is 2. The Hall–Kier alpha value is -1.89. The number of sulfonamides is 1. The molecule has 0 amide bonds. The second-order valence-corrected chi connectivity index (χ2v) is 8.14. The second kappa shape index (κ2) is 7.56. The van der Waals surface area contributed by atoms with Gasteiger partial charge in [0.25, 0.3) is 0 Å². The Labute approximate surface area is 149 Å². The Kier molecular flexibility index (Phi) is 5.42. The van der Waals surface area contributed by atoms with Crippen molar-refractivity contribution >= 4 is 10.0 Å². The van der Waals surface area contributed by atoms with Crippen LogP contribution in [0.4, 0.5) is 0 Å². The summed E-state index contributed by atoms with van der Waals surface area (Å²) in [5, 5.41) is 0. The first-order chi connectivity index (χ1) is 12.0. The third kappa shape index (κ3) is 4.21. The van der Waals surface area contributed by atoms with E-state index >= 15 is 0 Å². The Morgan fingerprint density at radius 2 is 1.72 bits per heavy atom. The van der Waals surface area contributed by atoms with Crippen LogP contribution >= 0.6 is 0 Å². The normalized spacial score (nSPS) is 15.9. The summed E-state index contributed by atoms with van der Waals surface area (Å²) in [6, 6.07) is 12.9. The maximum atomic E-state index is 12.6. The predicted molar refractivity (Wildman–Crippen MR) is 96.3 cm³/mol. The molecule has 1 fully saturated rings. The fourth-order valence-corrected chi connectivity index (χ4v) is 4.17. The van der Waals surface area contributed by atoms with Gasteiger partial charge in [0.15, 0.2) is 0 Å². The topological polar surface area (TPSA) is 55.8 Å². The molecule has 1 saturated heterocycles. The molecule has 2 aromatic carbocycles. The lowest BCUT2D eigenvalue weighted by atomic mass is 10.1. The molecule has 5 nitrogen and oxygen atoms in total. The molecule has 3 rings (SSSR count). The van der Waals surface area contributed by atoms with E-state index in [1.54, 1.807) is 24.3 Å². The first kappa shape index (κ1) is 17.9. The van der Waals surface area contributed by atoms with Crippen LogP contribution < -0.4 is 4.74 Å². The maximum Gasteiger partial charge on any atom is 0.243 e. The van der Waals surface area contributed by atoms with Gasteiger partial charge in [-0.3, -0.25) is 0 Å². The third-order valence-electron chi connectivity index (χ3n) is 4.33. The van der Waals surface area contributed by atoms with Crippen molar-refractivity contribution in [2.75, 3.05) is 26.3 Å². The van der Waals surface area contributed by atoms with Crippen LogP contribution in [0.2, 0.25) is 0 Å². The summed E-state index contributed by atoms with van der Waals surface area (Å²) < 4.78 is 37.7. The summed E-state index contributed by atoms with van der Waals surface area (Å²) in [5.74, 6) is 0.654. The van der Waals surface area contributed by atoms with Crippen LogP contribution in [0.15, 0.2) is 47.4 Å². The van der Waals surface area contributed by atoms with E-state index in [4.69, 9.17) is 9.47 Å². The quantitative estimate of drug-likeness (QED) is 0.822. The van der Waals surface area contributed by atoms with E-state index in [0.29, 0.717) is 38.7 Å². The Morgan fingerprint density at radius 3 is 2.40 bits per heavy atom. The highest BCUT2D eigenvalue weighted by atomic mass is 32.2. The highest BCUT2D eigenvalue weighted by molar-refractivity contribution is 7.89. The van der Waals surface area contributed by atoms with Gasteiger partial charge < -0.3 is 9.47 Å². The van der Waals surface area contributed by atoms with E-state index in [1.165, 1.54) is 15.4 Å². The lowest BCUT2D eigenvalue weighted by Crippen LogP contribution is -2.40. The molecule has 6 heteroatoms. The highest BCUT2D eigenvalue weighted by Gasteiger charge is 2.26. The molecule has 0 N–H and O–H groups in total. The van der Waals surface area contributed by atoms with Gasteiger partial charge in [0.2, 0.25) is 10.0 Å². The van der Waals surface area contributed by atoms with Crippen molar-refractivity contribution < 1.29 is 17.9 Å². The molecule has 0 atom stereocenters. The molecule has 0 aromatic heterocycles. The van der Waals surface area contributed by atoms with Crippen LogP contribution in [0.1, 0.15) is 16.7 Å². The average molecular weight is 361 g/mol. The number of aryl methyl sites for hydroxylation is 2. The Balaban J connectivity index is 1.68. The standard InChI is InChI=1S/C19H23NO4S/c1-15-3-4-16(2)17(13-15)14-24-18-5-7-19(8-6-18)25(21,22)20-9-11-23-12-10-20/h3-8,13H,9-12,14H2,1-2H3. The van der Waals surface area contributed by atoms with Crippen LogP contribution in [0.5, 0.6) is 5.75 Å². The smallest absolute Gasteiger partial charge is 0.243 e. The van der Waals surface area contributed by atoms with E-state index in [9.17, 15) is 8.42 Å². The molecule has 0 bridgehead atoms. The molecule has 0 aliphatic carbocycles. The van der Waals surface area contributed by atoms with Crippen molar-refractivity contribution in [1.82, 2.24) is 4.31 Å². The largest absolute Gasteiger partial charge is 0.489 e. The summed E-state index contributed by atoms with van der Waals surface area (Å²) in [7, 11) is -3.46. The summed E-state index contributed by atoms with van der Waals surface area (Å²) in [6.07, 6.45) is 0. The van der Waals surface area contributed by atoms with Crippen molar-refractivity contribution in [3.8, 4) is 5.75 Å². The molecule has 1 aliphatic heterocycles. The first-order valence-corrected chi connectivity index (χ1v) is 9.78. The van der Waals surface area contributed by atoms with Crippen molar-refractivity contribution in [1.29, 1.82) is 0 Å². The molecule has 1 heterocycles. The van der Waals surface area contributed by atoms with Crippen LogP contribution in [0, 0.1) is 13.8 Å². The molecule has 134 valence electrons. The minimum atomic E-state index is -3.46. The lowest BCUT2D eigenvalue weighted by Gasteiger charge is -2.26. The minimum absolute atomic E-state index is 0.286. The van der Waals surface area contributed by atoms with E-state index in [0.717, 1.165) is 5.56 Å². The van der Waals surface area contributed by atoms with Gasteiger partial charge in [-0.25, -0.2) is 8.42 Å². The molecular weight excluding hydrogens is 338 g/mol. The molecule has 2 aromatic rings. The fraction of sp³-hybridized carbons (Fsp3) is 0.368. The molecule has 25 heavy (non-hydrogen) atoms. The summed E-state index contributed by atoms with van der Waals surface area (Å²) in [4.78, 5) is 0.286. The SMILES string of the molecule is Cc1ccc(C)c(COc2ccc(S(=O)(=O)N3CCOCC3)cc2)c1. The first-order valence-electron chi connectivity index (χ1n) is 8.34. The van der Waals surface area contributed by atoms with Gasteiger partial charge in [-0.1, -0.05) is 23.8 Å². The zero-order valence-electron chi connectivity index (χ0n) is 14.6. The van der Waals surface area contributed by atoms with Gasteiger partial charge in [-0.15, -0.1) is 0 Å². The molecule has 0 spiro atoms.